The van der Waals surface area contributed by atoms with Crippen molar-refractivity contribution in [3.63, 3.8) is 0 Å². The van der Waals surface area contributed by atoms with Crippen LogP contribution in [-0.4, -0.2) is 39.4 Å². The molecule has 1 amide bonds. The predicted octanol–water partition coefficient (Wildman–Crippen LogP) is 2.70. The number of para-hydroxylation sites is 1. The second-order valence-electron chi connectivity index (χ2n) is 6.46. The highest BCUT2D eigenvalue weighted by atomic mass is 16.2. The maximum atomic E-state index is 12.6. The first-order chi connectivity index (χ1) is 11.1. The van der Waals surface area contributed by atoms with Crippen LogP contribution in [0.25, 0.3) is 0 Å². The van der Waals surface area contributed by atoms with Gasteiger partial charge in [-0.25, -0.2) is 0 Å². The number of piperidine rings is 1. The van der Waals surface area contributed by atoms with E-state index in [1.807, 2.05) is 24.2 Å². The van der Waals surface area contributed by atoms with E-state index in [1.54, 1.807) is 10.7 Å². The predicted molar refractivity (Wildman–Crippen MR) is 89.2 cm³/mol. The van der Waals surface area contributed by atoms with Crippen molar-refractivity contribution >= 4 is 17.3 Å². The standard InChI is InChI=1S/C18H20N4O/c1-13-18(14-5-3-4-6-15(14)19-13)8-11-22(12-9-18)17(23)16-7-10-21(2)20-16/h3-7,10H,8-9,11-12H2,1-2H3. The molecule has 1 spiro atoms. The van der Waals surface area contributed by atoms with Crippen LogP contribution in [0.5, 0.6) is 0 Å². The molecule has 0 saturated carbocycles. The summed E-state index contributed by atoms with van der Waals surface area (Å²) in [4.78, 5) is 19.2. The van der Waals surface area contributed by atoms with Gasteiger partial charge in [-0.2, -0.15) is 5.10 Å². The molecule has 4 rings (SSSR count). The second-order valence-corrected chi connectivity index (χ2v) is 6.46. The summed E-state index contributed by atoms with van der Waals surface area (Å²) in [5, 5.41) is 4.23. The summed E-state index contributed by atoms with van der Waals surface area (Å²) in [6.07, 6.45) is 3.67. The van der Waals surface area contributed by atoms with Crippen LogP contribution in [0.15, 0.2) is 41.5 Å². The number of carbonyl (C=O) groups excluding carboxylic acids is 1. The zero-order valence-corrected chi connectivity index (χ0v) is 13.5. The summed E-state index contributed by atoms with van der Waals surface area (Å²) >= 11 is 0. The fourth-order valence-electron chi connectivity index (χ4n) is 3.87. The van der Waals surface area contributed by atoms with Gasteiger partial charge >= 0.3 is 0 Å². The minimum absolute atomic E-state index is 0.0114. The smallest absolute Gasteiger partial charge is 0.274 e. The Hall–Kier alpha value is -2.43. The molecule has 2 aromatic rings. The van der Waals surface area contributed by atoms with Crippen LogP contribution in [0.1, 0.15) is 35.8 Å². The maximum Gasteiger partial charge on any atom is 0.274 e. The minimum Gasteiger partial charge on any atom is -0.337 e. The molecule has 0 radical (unpaired) electrons. The summed E-state index contributed by atoms with van der Waals surface area (Å²) in [5.74, 6) is 0.0290. The molecule has 0 aliphatic carbocycles. The van der Waals surface area contributed by atoms with Gasteiger partial charge in [-0.1, -0.05) is 18.2 Å². The van der Waals surface area contributed by atoms with E-state index in [0.29, 0.717) is 5.69 Å². The number of hydrogen-bond acceptors (Lipinski definition) is 3. The van der Waals surface area contributed by atoms with Crippen molar-refractivity contribution in [3.8, 4) is 0 Å². The fourth-order valence-corrected chi connectivity index (χ4v) is 3.87. The van der Waals surface area contributed by atoms with Gasteiger partial charge in [-0.05, 0) is 37.5 Å². The molecule has 0 unspecified atom stereocenters. The molecular formula is C18H20N4O. The van der Waals surface area contributed by atoms with E-state index in [9.17, 15) is 4.79 Å². The quantitative estimate of drug-likeness (QED) is 0.813. The van der Waals surface area contributed by atoms with Gasteiger partial charge in [0, 0.05) is 37.5 Å². The number of hydrogen-bond donors (Lipinski definition) is 0. The number of nitrogens with zero attached hydrogens (tertiary/aromatic N) is 4. The summed E-state index contributed by atoms with van der Waals surface area (Å²) in [6.45, 7) is 3.61. The Morgan fingerprint density at radius 3 is 2.61 bits per heavy atom. The molecule has 2 aliphatic heterocycles. The van der Waals surface area contributed by atoms with Crippen molar-refractivity contribution in [3.05, 3.63) is 47.8 Å². The Labute approximate surface area is 135 Å². The lowest BCUT2D eigenvalue weighted by molar-refractivity contribution is 0.0690. The van der Waals surface area contributed by atoms with E-state index in [2.05, 4.69) is 30.2 Å². The van der Waals surface area contributed by atoms with Gasteiger partial charge in [0.2, 0.25) is 0 Å². The lowest BCUT2D eigenvalue weighted by Gasteiger charge is -2.40. The number of aryl methyl sites for hydroxylation is 1. The van der Waals surface area contributed by atoms with Crippen LogP contribution in [-0.2, 0) is 12.5 Å². The Balaban J connectivity index is 1.56. The van der Waals surface area contributed by atoms with E-state index >= 15 is 0 Å². The molecule has 0 atom stereocenters. The van der Waals surface area contributed by atoms with E-state index < -0.39 is 0 Å². The van der Waals surface area contributed by atoms with Crippen LogP contribution in [0.2, 0.25) is 0 Å². The maximum absolute atomic E-state index is 12.6. The molecule has 1 fully saturated rings. The molecule has 118 valence electrons. The lowest BCUT2D eigenvalue weighted by Crippen LogP contribution is -2.47. The Morgan fingerprint density at radius 1 is 1.17 bits per heavy atom. The van der Waals surface area contributed by atoms with Crippen LogP contribution in [0.3, 0.4) is 0 Å². The van der Waals surface area contributed by atoms with Crippen LogP contribution >= 0.6 is 0 Å². The number of aliphatic imine (C=N–C) groups is 1. The Kier molecular flexibility index (Phi) is 3.11. The molecule has 1 aromatic heterocycles. The van der Waals surface area contributed by atoms with Crippen LogP contribution < -0.4 is 0 Å². The lowest BCUT2D eigenvalue weighted by atomic mass is 9.71. The summed E-state index contributed by atoms with van der Waals surface area (Å²) in [6, 6.07) is 10.2. The monoisotopic (exact) mass is 308 g/mol. The Bertz CT molecular complexity index is 797. The number of likely N-dealkylation sites (tertiary alicyclic amines) is 1. The number of benzene rings is 1. The SMILES string of the molecule is CC1=Nc2ccccc2C12CCN(C(=O)c1ccn(C)n1)CC2. The van der Waals surface area contributed by atoms with Crippen molar-refractivity contribution in [2.75, 3.05) is 13.1 Å². The number of amides is 1. The zero-order valence-electron chi connectivity index (χ0n) is 13.5. The molecule has 23 heavy (non-hydrogen) atoms. The highest BCUT2D eigenvalue weighted by molar-refractivity contribution is 6.00. The molecule has 5 nitrogen and oxygen atoms in total. The van der Waals surface area contributed by atoms with E-state index in [4.69, 9.17) is 4.99 Å². The first-order valence-corrected chi connectivity index (χ1v) is 8.04. The van der Waals surface area contributed by atoms with Gasteiger partial charge in [-0.3, -0.25) is 14.5 Å². The largest absolute Gasteiger partial charge is 0.337 e. The molecule has 5 heteroatoms. The number of aromatic nitrogens is 2. The summed E-state index contributed by atoms with van der Waals surface area (Å²) in [7, 11) is 1.83. The molecule has 3 heterocycles. The molecule has 0 N–H and O–H groups in total. The average Bonchev–Trinajstić information content (AvgIpc) is 3.11. The highest BCUT2D eigenvalue weighted by Gasteiger charge is 2.44. The Morgan fingerprint density at radius 2 is 1.91 bits per heavy atom. The number of fused-ring (bicyclic) bond motifs is 2. The van der Waals surface area contributed by atoms with Gasteiger partial charge in [0.05, 0.1) is 5.69 Å². The highest BCUT2D eigenvalue weighted by Crippen LogP contribution is 2.46. The third kappa shape index (κ3) is 2.11. The summed E-state index contributed by atoms with van der Waals surface area (Å²) in [5.41, 5.74) is 4.14. The molecule has 0 bridgehead atoms. The zero-order chi connectivity index (χ0) is 16.0. The van der Waals surface area contributed by atoms with E-state index in [1.165, 1.54) is 11.3 Å². The molecule has 2 aliphatic rings. The van der Waals surface area contributed by atoms with Gasteiger partial charge in [-0.15, -0.1) is 0 Å². The van der Waals surface area contributed by atoms with Crippen molar-refractivity contribution < 1.29 is 4.79 Å². The van der Waals surface area contributed by atoms with Gasteiger partial charge < -0.3 is 4.90 Å². The topological polar surface area (TPSA) is 50.5 Å². The normalized spacial score (nSPS) is 18.9. The summed E-state index contributed by atoms with van der Waals surface area (Å²) < 4.78 is 1.67. The molecular weight excluding hydrogens is 288 g/mol. The number of rotatable bonds is 1. The van der Waals surface area contributed by atoms with E-state index in [-0.39, 0.29) is 11.3 Å². The first-order valence-electron chi connectivity index (χ1n) is 8.04. The fraction of sp³-hybridized carbons (Fsp3) is 0.389. The van der Waals surface area contributed by atoms with Crippen molar-refractivity contribution in [2.24, 2.45) is 12.0 Å². The third-order valence-corrected chi connectivity index (χ3v) is 5.24. The van der Waals surface area contributed by atoms with Crippen molar-refractivity contribution in [1.82, 2.24) is 14.7 Å². The van der Waals surface area contributed by atoms with Gasteiger partial charge in [0.1, 0.15) is 5.69 Å². The minimum atomic E-state index is 0.0114. The van der Waals surface area contributed by atoms with E-state index in [0.717, 1.165) is 31.6 Å². The van der Waals surface area contributed by atoms with Gasteiger partial charge in [0.15, 0.2) is 0 Å². The second kappa shape index (κ2) is 5.05. The molecule has 1 aromatic carbocycles. The van der Waals surface area contributed by atoms with Crippen LogP contribution in [0.4, 0.5) is 5.69 Å². The van der Waals surface area contributed by atoms with Crippen molar-refractivity contribution in [1.29, 1.82) is 0 Å². The number of carbonyl (C=O) groups is 1. The third-order valence-electron chi connectivity index (χ3n) is 5.24. The van der Waals surface area contributed by atoms with Crippen molar-refractivity contribution in [2.45, 2.75) is 25.2 Å². The van der Waals surface area contributed by atoms with Crippen LogP contribution in [0, 0.1) is 0 Å². The van der Waals surface area contributed by atoms with Gasteiger partial charge in [0.25, 0.3) is 5.91 Å². The molecule has 1 saturated heterocycles. The average molecular weight is 308 g/mol. The first kappa shape index (κ1) is 14.2.